The zero-order valence-corrected chi connectivity index (χ0v) is 9.20. The zero-order chi connectivity index (χ0) is 13.1. The number of hydrazine groups is 1. The number of benzene rings is 1. The highest BCUT2D eigenvalue weighted by Crippen LogP contribution is 2.25. The van der Waals surface area contributed by atoms with E-state index in [0.717, 1.165) is 12.1 Å². The number of rotatable bonds is 3. The summed E-state index contributed by atoms with van der Waals surface area (Å²) in [7, 11) is 0. The van der Waals surface area contributed by atoms with Gasteiger partial charge in [-0.15, -0.1) is 0 Å². The van der Waals surface area contributed by atoms with Gasteiger partial charge in [0.25, 0.3) is 0 Å². The molecule has 0 bridgehead atoms. The van der Waals surface area contributed by atoms with Crippen molar-refractivity contribution in [3.63, 3.8) is 0 Å². The Hall–Kier alpha value is -1.92. The fourth-order valence-corrected chi connectivity index (χ4v) is 1.68. The maximum atomic E-state index is 13.7. The van der Waals surface area contributed by atoms with E-state index in [0.29, 0.717) is 5.56 Å². The number of aromatic nitrogens is 1. The molecule has 0 amide bonds. The summed E-state index contributed by atoms with van der Waals surface area (Å²) >= 11 is 0. The summed E-state index contributed by atoms with van der Waals surface area (Å²) in [6, 6.07) is 4.49. The number of nitrogens with zero attached hydrogens (tertiary/aromatic N) is 1. The minimum atomic E-state index is -1.52. The highest BCUT2D eigenvalue weighted by Gasteiger charge is 2.21. The van der Waals surface area contributed by atoms with Gasteiger partial charge in [-0.25, -0.2) is 18.6 Å². The Morgan fingerprint density at radius 3 is 2.50 bits per heavy atom. The lowest BCUT2D eigenvalue weighted by atomic mass is 10.00. The normalized spacial score (nSPS) is 12.4. The van der Waals surface area contributed by atoms with Crippen LogP contribution in [0.2, 0.25) is 0 Å². The van der Waals surface area contributed by atoms with Crippen LogP contribution in [0.4, 0.5) is 13.2 Å². The van der Waals surface area contributed by atoms with Crippen molar-refractivity contribution in [2.75, 3.05) is 0 Å². The Bertz CT molecular complexity index is 546. The van der Waals surface area contributed by atoms with Crippen molar-refractivity contribution in [3.05, 3.63) is 65.2 Å². The van der Waals surface area contributed by atoms with Gasteiger partial charge < -0.3 is 0 Å². The quantitative estimate of drug-likeness (QED) is 0.500. The molecule has 94 valence electrons. The summed E-state index contributed by atoms with van der Waals surface area (Å²) in [5.41, 5.74) is 2.82. The minimum Gasteiger partial charge on any atom is -0.271 e. The van der Waals surface area contributed by atoms with Gasteiger partial charge in [-0.2, -0.15) is 0 Å². The van der Waals surface area contributed by atoms with Gasteiger partial charge in [0.15, 0.2) is 17.5 Å². The predicted octanol–water partition coefficient (Wildman–Crippen LogP) is 2.05. The fourth-order valence-electron chi connectivity index (χ4n) is 1.68. The molecule has 0 aliphatic rings. The van der Waals surface area contributed by atoms with Crippen molar-refractivity contribution < 1.29 is 13.2 Å². The molecule has 1 aromatic heterocycles. The molecule has 2 rings (SSSR count). The van der Waals surface area contributed by atoms with Crippen molar-refractivity contribution in [1.82, 2.24) is 10.4 Å². The number of nitrogens with two attached hydrogens (primary N) is 1. The van der Waals surface area contributed by atoms with Crippen LogP contribution in [0.1, 0.15) is 17.2 Å². The SMILES string of the molecule is NNC(c1cccnc1)c1ccc(F)c(F)c1F. The molecule has 0 radical (unpaired) electrons. The first kappa shape index (κ1) is 12.5. The van der Waals surface area contributed by atoms with Gasteiger partial charge in [-0.3, -0.25) is 10.8 Å². The van der Waals surface area contributed by atoms with Gasteiger partial charge in [-0.05, 0) is 17.7 Å². The second-order valence-electron chi connectivity index (χ2n) is 3.65. The predicted molar refractivity (Wildman–Crippen MR) is 59.7 cm³/mol. The maximum Gasteiger partial charge on any atom is 0.194 e. The van der Waals surface area contributed by atoms with Crippen LogP contribution < -0.4 is 11.3 Å². The van der Waals surface area contributed by atoms with Crippen LogP contribution in [0.3, 0.4) is 0 Å². The summed E-state index contributed by atoms with van der Waals surface area (Å²) in [5.74, 6) is 1.32. The Morgan fingerprint density at radius 2 is 1.89 bits per heavy atom. The summed E-state index contributed by atoms with van der Waals surface area (Å²) in [6.07, 6.45) is 3.00. The molecule has 1 unspecified atom stereocenters. The van der Waals surface area contributed by atoms with Crippen molar-refractivity contribution >= 4 is 0 Å². The highest BCUT2D eigenvalue weighted by atomic mass is 19.2. The van der Waals surface area contributed by atoms with E-state index in [4.69, 9.17) is 5.84 Å². The van der Waals surface area contributed by atoms with Crippen LogP contribution in [0.5, 0.6) is 0 Å². The summed E-state index contributed by atoms with van der Waals surface area (Å²) in [5, 5.41) is 0. The number of pyridine rings is 1. The first-order valence-electron chi connectivity index (χ1n) is 5.14. The third-order valence-electron chi connectivity index (χ3n) is 2.56. The van der Waals surface area contributed by atoms with Gasteiger partial charge in [0.1, 0.15) is 0 Å². The molecule has 0 saturated heterocycles. The molecule has 1 heterocycles. The van der Waals surface area contributed by atoms with Crippen LogP contribution in [-0.2, 0) is 0 Å². The van der Waals surface area contributed by atoms with E-state index in [1.807, 2.05) is 0 Å². The Labute approximate surface area is 101 Å². The van der Waals surface area contributed by atoms with Gasteiger partial charge in [-0.1, -0.05) is 12.1 Å². The monoisotopic (exact) mass is 253 g/mol. The molecular weight excluding hydrogens is 243 g/mol. The third-order valence-corrected chi connectivity index (χ3v) is 2.56. The standard InChI is InChI=1S/C12H10F3N3/c13-9-4-3-8(10(14)11(9)15)12(18-16)7-2-1-5-17-6-7/h1-6,12,18H,16H2. The van der Waals surface area contributed by atoms with E-state index in [9.17, 15) is 13.2 Å². The Morgan fingerprint density at radius 1 is 1.11 bits per heavy atom. The largest absolute Gasteiger partial charge is 0.271 e. The van der Waals surface area contributed by atoms with Crippen LogP contribution >= 0.6 is 0 Å². The van der Waals surface area contributed by atoms with E-state index in [1.54, 1.807) is 18.3 Å². The van der Waals surface area contributed by atoms with E-state index in [1.165, 1.54) is 6.20 Å². The third kappa shape index (κ3) is 2.20. The van der Waals surface area contributed by atoms with Gasteiger partial charge >= 0.3 is 0 Å². The molecule has 3 nitrogen and oxygen atoms in total. The summed E-state index contributed by atoms with van der Waals surface area (Å²) in [4.78, 5) is 3.86. The number of halogens is 3. The topological polar surface area (TPSA) is 50.9 Å². The van der Waals surface area contributed by atoms with E-state index >= 15 is 0 Å². The van der Waals surface area contributed by atoms with Crippen LogP contribution in [0.15, 0.2) is 36.7 Å². The lowest BCUT2D eigenvalue weighted by Gasteiger charge is -2.17. The molecule has 3 N–H and O–H groups in total. The molecule has 1 aromatic carbocycles. The lowest BCUT2D eigenvalue weighted by molar-refractivity contribution is 0.433. The average Bonchev–Trinajstić information content (AvgIpc) is 2.41. The smallest absolute Gasteiger partial charge is 0.194 e. The van der Waals surface area contributed by atoms with Crippen molar-refractivity contribution in [2.45, 2.75) is 6.04 Å². The molecule has 0 aliphatic heterocycles. The average molecular weight is 253 g/mol. The number of hydrogen-bond acceptors (Lipinski definition) is 3. The second-order valence-corrected chi connectivity index (χ2v) is 3.65. The summed E-state index contributed by atoms with van der Waals surface area (Å²) in [6.45, 7) is 0. The summed E-state index contributed by atoms with van der Waals surface area (Å²) < 4.78 is 39.7. The van der Waals surface area contributed by atoms with Crippen molar-refractivity contribution in [3.8, 4) is 0 Å². The van der Waals surface area contributed by atoms with Crippen molar-refractivity contribution in [1.29, 1.82) is 0 Å². The van der Waals surface area contributed by atoms with Crippen LogP contribution in [-0.4, -0.2) is 4.98 Å². The van der Waals surface area contributed by atoms with Crippen molar-refractivity contribution in [2.24, 2.45) is 5.84 Å². The molecular formula is C12H10F3N3. The Balaban J connectivity index is 2.50. The molecule has 0 spiro atoms. The first-order valence-corrected chi connectivity index (χ1v) is 5.14. The van der Waals surface area contributed by atoms with Crippen LogP contribution in [0, 0.1) is 17.5 Å². The first-order chi connectivity index (χ1) is 8.65. The van der Waals surface area contributed by atoms with Gasteiger partial charge in [0.05, 0.1) is 6.04 Å². The van der Waals surface area contributed by atoms with Crippen LogP contribution in [0.25, 0.3) is 0 Å². The van der Waals surface area contributed by atoms with E-state index in [2.05, 4.69) is 10.4 Å². The fraction of sp³-hybridized carbons (Fsp3) is 0.0833. The number of hydrogen-bond donors (Lipinski definition) is 2. The zero-order valence-electron chi connectivity index (χ0n) is 9.20. The van der Waals surface area contributed by atoms with E-state index in [-0.39, 0.29) is 5.56 Å². The molecule has 0 aliphatic carbocycles. The minimum absolute atomic E-state index is 0.0793. The number of nitrogens with one attached hydrogen (secondary N) is 1. The van der Waals surface area contributed by atoms with Gasteiger partial charge in [0.2, 0.25) is 0 Å². The maximum absolute atomic E-state index is 13.7. The molecule has 0 saturated carbocycles. The Kier molecular flexibility index (Phi) is 3.59. The molecule has 2 aromatic rings. The van der Waals surface area contributed by atoms with E-state index < -0.39 is 23.5 Å². The second kappa shape index (κ2) is 5.16. The lowest BCUT2D eigenvalue weighted by Crippen LogP contribution is -2.30. The molecule has 1 atom stereocenters. The highest BCUT2D eigenvalue weighted by molar-refractivity contribution is 5.31. The van der Waals surface area contributed by atoms with Gasteiger partial charge in [0, 0.05) is 18.0 Å². The molecule has 0 fully saturated rings. The molecule has 18 heavy (non-hydrogen) atoms. The molecule has 6 heteroatoms.